The van der Waals surface area contributed by atoms with E-state index in [4.69, 9.17) is 5.11 Å². The minimum atomic E-state index is -0.810. The van der Waals surface area contributed by atoms with Crippen molar-refractivity contribution in [1.82, 2.24) is 0 Å². The molecule has 1 N–H and O–H groups in total. The minimum absolute atomic E-state index is 0.0264. The highest BCUT2D eigenvalue weighted by molar-refractivity contribution is 5.73. The van der Waals surface area contributed by atoms with E-state index in [1.54, 1.807) is 12.1 Å². The minimum Gasteiger partial charge on any atom is -0.481 e. The highest BCUT2D eigenvalue weighted by Gasteiger charge is 2.35. The van der Waals surface area contributed by atoms with Gasteiger partial charge in [-0.15, -0.1) is 0 Å². The maximum Gasteiger partial charge on any atom is 0.308 e. The van der Waals surface area contributed by atoms with Crippen molar-refractivity contribution in [2.75, 3.05) is 11.4 Å². The van der Waals surface area contributed by atoms with Gasteiger partial charge in [-0.05, 0) is 19.4 Å². The third-order valence-corrected chi connectivity index (χ3v) is 3.44. The zero-order valence-electron chi connectivity index (χ0n) is 9.94. The molecule has 0 amide bonds. The van der Waals surface area contributed by atoms with Crippen molar-refractivity contribution in [3.63, 3.8) is 0 Å². The van der Waals surface area contributed by atoms with Gasteiger partial charge in [0.05, 0.1) is 10.8 Å². The summed E-state index contributed by atoms with van der Waals surface area (Å²) in [6.07, 6.45) is 0.569. The molecule has 0 spiro atoms. The molecule has 1 aliphatic heterocycles. The van der Waals surface area contributed by atoms with Crippen LogP contribution >= 0.6 is 0 Å². The van der Waals surface area contributed by atoms with Gasteiger partial charge in [0.2, 0.25) is 0 Å². The number of benzene rings is 1. The molecule has 2 atom stereocenters. The molecule has 1 aliphatic rings. The Hall–Kier alpha value is -2.11. The van der Waals surface area contributed by atoms with Crippen LogP contribution in [0.2, 0.25) is 0 Å². The molecular formula is C12H14N2O4. The van der Waals surface area contributed by atoms with Gasteiger partial charge in [0.15, 0.2) is 0 Å². The zero-order valence-corrected chi connectivity index (χ0v) is 9.94. The molecule has 0 saturated carbocycles. The molecule has 1 heterocycles. The van der Waals surface area contributed by atoms with Crippen molar-refractivity contribution in [2.24, 2.45) is 5.92 Å². The first kappa shape index (κ1) is 12.3. The van der Waals surface area contributed by atoms with Crippen molar-refractivity contribution in [1.29, 1.82) is 0 Å². The number of aliphatic carboxylic acids is 1. The number of hydrogen-bond acceptors (Lipinski definition) is 4. The predicted octanol–water partition coefficient (Wildman–Crippen LogP) is 1.89. The molecule has 6 nitrogen and oxygen atoms in total. The summed E-state index contributed by atoms with van der Waals surface area (Å²) in [6.45, 7) is 2.45. The second-order valence-electron chi connectivity index (χ2n) is 4.44. The Kier molecular flexibility index (Phi) is 3.18. The molecule has 1 aromatic carbocycles. The maximum atomic E-state index is 11.0. The molecule has 0 aliphatic carbocycles. The third-order valence-electron chi connectivity index (χ3n) is 3.44. The van der Waals surface area contributed by atoms with Gasteiger partial charge in [-0.2, -0.15) is 0 Å². The average molecular weight is 250 g/mol. The zero-order chi connectivity index (χ0) is 13.3. The lowest BCUT2D eigenvalue weighted by Gasteiger charge is -2.25. The van der Waals surface area contributed by atoms with Crippen LogP contribution in [-0.2, 0) is 4.79 Å². The Balaban J connectivity index is 2.25. The van der Waals surface area contributed by atoms with Gasteiger partial charge in [-0.3, -0.25) is 14.9 Å². The van der Waals surface area contributed by atoms with E-state index in [9.17, 15) is 14.9 Å². The van der Waals surface area contributed by atoms with E-state index in [0.717, 1.165) is 0 Å². The first-order valence-corrected chi connectivity index (χ1v) is 5.74. The smallest absolute Gasteiger partial charge is 0.308 e. The Labute approximate surface area is 104 Å². The molecule has 1 fully saturated rings. The van der Waals surface area contributed by atoms with Gasteiger partial charge >= 0.3 is 5.97 Å². The average Bonchev–Trinajstić information content (AvgIpc) is 2.71. The van der Waals surface area contributed by atoms with Gasteiger partial charge in [-0.1, -0.05) is 6.07 Å². The van der Waals surface area contributed by atoms with Gasteiger partial charge < -0.3 is 10.0 Å². The summed E-state index contributed by atoms with van der Waals surface area (Å²) in [5, 5.41) is 19.8. The molecule has 96 valence electrons. The van der Waals surface area contributed by atoms with Crippen molar-refractivity contribution in [3.05, 3.63) is 34.4 Å². The van der Waals surface area contributed by atoms with Crippen LogP contribution in [0.25, 0.3) is 0 Å². The number of non-ortho nitro benzene ring substituents is 1. The number of carbonyl (C=O) groups is 1. The quantitative estimate of drug-likeness (QED) is 0.654. The number of carboxylic acid groups (broad SMARTS) is 1. The number of nitrogens with zero attached hydrogens (tertiary/aromatic N) is 2. The number of nitro groups is 1. The lowest BCUT2D eigenvalue weighted by atomic mass is 10.0. The molecule has 0 radical (unpaired) electrons. The van der Waals surface area contributed by atoms with E-state index in [-0.39, 0.29) is 11.7 Å². The van der Waals surface area contributed by atoms with Crippen molar-refractivity contribution in [3.8, 4) is 0 Å². The Bertz CT molecular complexity index is 489. The van der Waals surface area contributed by atoms with Crippen molar-refractivity contribution < 1.29 is 14.8 Å². The monoisotopic (exact) mass is 250 g/mol. The molecule has 6 heteroatoms. The first-order valence-electron chi connectivity index (χ1n) is 5.74. The largest absolute Gasteiger partial charge is 0.481 e. The van der Waals surface area contributed by atoms with Crippen LogP contribution in [0.5, 0.6) is 0 Å². The highest BCUT2D eigenvalue weighted by atomic mass is 16.6. The Morgan fingerprint density at radius 1 is 1.56 bits per heavy atom. The summed E-state index contributed by atoms with van der Waals surface area (Å²) < 4.78 is 0. The fourth-order valence-electron chi connectivity index (χ4n) is 2.42. The normalized spacial score (nSPS) is 23.1. The molecule has 2 unspecified atom stereocenters. The molecule has 0 bridgehead atoms. The molecule has 0 aromatic heterocycles. The van der Waals surface area contributed by atoms with Gasteiger partial charge in [-0.25, -0.2) is 0 Å². The molecular weight excluding hydrogens is 236 g/mol. The summed E-state index contributed by atoms with van der Waals surface area (Å²) in [4.78, 5) is 23.2. The van der Waals surface area contributed by atoms with Crippen LogP contribution in [0, 0.1) is 16.0 Å². The van der Waals surface area contributed by atoms with Crippen LogP contribution in [-0.4, -0.2) is 28.6 Å². The summed E-state index contributed by atoms with van der Waals surface area (Å²) in [5.41, 5.74) is 0.735. The Morgan fingerprint density at radius 2 is 2.28 bits per heavy atom. The van der Waals surface area contributed by atoms with Crippen molar-refractivity contribution >= 4 is 17.3 Å². The lowest BCUT2D eigenvalue weighted by molar-refractivity contribution is -0.384. The number of rotatable bonds is 3. The summed E-state index contributed by atoms with van der Waals surface area (Å²) in [5.74, 6) is -1.22. The first-order chi connectivity index (χ1) is 8.50. The van der Waals surface area contributed by atoms with E-state index in [0.29, 0.717) is 18.7 Å². The molecule has 1 saturated heterocycles. The van der Waals surface area contributed by atoms with Gasteiger partial charge in [0.1, 0.15) is 0 Å². The standard InChI is InChI=1S/C12H14N2O4/c1-8-11(12(15)16)5-6-13(8)9-3-2-4-10(7-9)14(17)18/h2-4,7-8,11H,5-6H2,1H3,(H,15,16). The summed E-state index contributed by atoms with van der Waals surface area (Å²) >= 11 is 0. The number of anilines is 1. The fraction of sp³-hybridized carbons (Fsp3) is 0.417. The number of carboxylic acids is 1. The number of nitro benzene ring substituents is 1. The van der Waals surface area contributed by atoms with Crippen LogP contribution in [0.3, 0.4) is 0 Å². The van der Waals surface area contributed by atoms with Gasteiger partial charge in [0.25, 0.3) is 5.69 Å². The van der Waals surface area contributed by atoms with E-state index in [1.807, 2.05) is 11.8 Å². The van der Waals surface area contributed by atoms with E-state index in [2.05, 4.69) is 0 Å². The lowest BCUT2D eigenvalue weighted by Crippen LogP contribution is -2.32. The molecule has 1 aromatic rings. The van der Waals surface area contributed by atoms with Crippen LogP contribution < -0.4 is 4.90 Å². The SMILES string of the molecule is CC1C(C(=O)O)CCN1c1cccc([N+](=O)[O-])c1. The van der Waals surface area contributed by atoms with E-state index < -0.39 is 16.8 Å². The Morgan fingerprint density at radius 3 is 2.83 bits per heavy atom. The third kappa shape index (κ3) is 2.13. The fourth-order valence-corrected chi connectivity index (χ4v) is 2.42. The van der Waals surface area contributed by atoms with E-state index in [1.165, 1.54) is 12.1 Å². The molecule has 2 rings (SSSR count). The maximum absolute atomic E-state index is 11.0. The van der Waals surface area contributed by atoms with Crippen LogP contribution in [0.1, 0.15) is 13.3 Å². The summed E-state index contributed by atoms with van der Waals surface area (Å²) in [7, 11) is 0. The molecule has 18 heavy (non-hydrogen) atoms. The van der Waals surface area contributed by atoms with Crippen LogP contribution in [0.4, 0.5) is 11.4 Å². The second kappa shape index (κ2) is 4.64. The second-order valence-corrected chi connectivity index (χ2v) is 4.44. The number of hydrogen-bond donors (Lipinski definition) is 1. The van der Waals surface area contributed by atoms with Crippen LogP contribution in [0.15, 0.2) is 24.3 Å². The van der Waals surface area contributed by atoms with Crippen molar-refractivity contribution in [2.45, 2.75) is 19.4 Å². The van der Waals surface area contributed by atoms with E-state index >= 15 is 0 Å². The van der Waals surface area contributed by atoms with Gasteiger partial charge in [0, 0.05) is 30.4 Å². The predicted molar refractivity (Wildman–Crippen MR) is 65.6 cm³/mol. The highest BCUT2D eigenvalue weighted by Crippen LogP contribution is 2.31. The summed E-state index contributed by atoms with van der Waals surface area (Å²) in [6, 6.07) is 6.16. The topological polar surface area (TPSA) is 83.7 Å².